The van der Waals surface area contributed by atoms with Crippen LogP contribution in [0.4, 0.5) is 5.69 Å². The molecular weight excluding hydrogens is 234 g/mol. The number of hydrogen-bond donors (Lipinski definition) is 1. The zero-order chi connectivity index (χ0) is 13.1. The van der Waals surface area contributed by atoms with Gasteiger partial charge in [0.2, 0.25) is 5.91 Å². The normalized spacial score (nSPS) is 14.9. The van der Waals surface area contributed by atoms with E-state index < -0.39 is 5.97 Å². The van der Waals surface area contributed by atoms with Crippen molar-refractivity contribution in [1.29, 1.82) is 5.26 Å². The maximum absolute atomic E-state index is 11.7. The van der Waals surface area contributed by atoms with Crippen LogP contribution in [0.25, 0.3) is 0 Å². The molecule has 1 aromatic rings. The van der Waals surface area contributed by atoms with E-state index in [1.165, 1.54) is 6.07 Å². The summed E-state index contributed by atoms with van der Waals surface area (Å²) < 4.78 is 0. The van der Waals surface area contributed by atoms with Crippen LogP contribution in [0.5, 0.6) is 0 Å². The van der Waals surface area contributed by atoms with Crippen molar-refractivity contribution in [3.8, 4) is 6.07 Å². The first kappa shape index (κ1) is 11.8. The lowest BCUT2D eigenvalue weighted by Crippen LogP contribution is -2.34. The van der Waals surface area contributed by atoms with E-state index in [4.69, 9.17) is 10.4 Å². The standard InChI is InChI=1S/C12H9N3O3/c13-7-8-2-1-3-9(6-8)15-11(16)5-4-10(14-15)12(17)18/h1-3,6H,4-5H2,(H,17,18). The fourth-order valence-corrected chi connectivity index (χ4v) is 1.62. The van der Waals surface area contributed by atoms with E-state index in [9.17, 15) is 9.59 Å². The summed E-state index contributed by atoms with van der Waals surface area (Å²) in [5.41, 5.74) is 0.729. The summed E-state index contributed by atoms with van der Waals surface area (Å²) in [5, 5.41) is 22.5. The monoisotopic (exact) mass is 243 g/mol. The molecule has 18 heavy (non-hydrogen) atoms. The van der Waals surface area contributed by atoms with Gasteiger partial charge in [-0.25, -0.2) is 9.80 Å². The molecule has 90 valence electrons. The molecule has 0 saturated heterocycles. The number of carboxylic acids is 1. The number of carbonyl (C=O) groups excluding carboxylic acids is 1. The molecule has 0 saturated carbocycles. The van der Waals surface area contributed by atoms with Gasteiger partial charge in [0.05, 0.1) is 17.3 Å². The lowest BCUT2D eigenvalue weighted by atomic mass is 10.1. The van der Waals surface area contributed by atoms with Crippen molar-refractivity contribution in [2.24, 2.45) is 5.10 Å². The van der Waals surface area contributed by atoms with Gasteiger partial charge in [-0.05, 0) is 18.2 Å². The highest BCUT2D eigenvalue weighted by atomic mass is 16.4. The molecule has 0 aromatic heterocycles. The van der Waals surface area contributed by atoms with E-state index in [-0.39, 0.29) is 24.5 Å². The minimum Gasteiger partial charge on any atom is -0.477 e. The summed E-state index contributed by atoms with van der Waals surface area (Å²) in [6.07, 6.45) is 0.227. The Kier molecular flexibility index (Phi) is 3.06. The molecule has 6 heteroatoms. The number of hydrazone groups is 1. The average Bonchev–Trinajstić information content (AvgIpc) is 2.39. The van der Waals surface area contributed by atoms with Crippen molar-refractivity contribution >= 4 is 23.3 Å². The number of rotatable bonds is 2. The van der Waals surface area contributed by atoms with Crippen molar-refractivity contribution in [3.63, 3.8) is 0 Å². The van der Waals surface area contributed by atoms with Gasteiger partial charge in [0, 0.05) is 12.8 Å². The molecule has 1 amide bonds. The highest BCUT2D eigenvalue weighted by Gasteiger charge is 2.25. The largest absolute Gasteiger partial charge is 0.477 e. The first-order valence-electron chi connectivity index (χ1n) is 5.25. The molecule has 2 rings (SSSR count). The Morgan fingerprint density at radius 1 is 1.44 bits per heavy atom. The molecular formula is C12H9N3O3. The van der Waals surface area contributed by atoms with Gasteiger partial charge in [-0.15, -0.1) is 0 Å². The van der Waals surface area contributed by atoms with Gasteiger partial charge in [-0.2, -0.15) is 10.4 Å². The van der Waals surface area contributed by atoms with Crippen molar-refractivity contribution in [3.05, 3.63) is 29.8 Å². The van der Waals surface area contributed by atoms with Crippen LogP contribution in [0.3, 0.4) is 0 Å². The van der Waals surface area contributed by atoms with Gasteiger partial charge in [0.15, 0.2) is 0 Å². The van der Waals surface area contributed by atoms with E-state index in [1.807, 2.05) is 6.07 Å². The van der Waals surface area contributed by atoms with E-state index in [0.29, 0.717) is 11.3 Å². The summed E-state index contributed by atoms with van der Waals surface area (Å²) in [6, 6.07) is 8.26. The summed E-state index contributed by atoms with van der Waals surface area (Å²) in [6.45, 7) is 0. The Morgan fingerprint density at radius 3 is 2.89 bits per heavy atom. The lowest BCUT2D eigenvalue weighted by Gasteiger charge is -2.22. The predicted octanol–water partition coefficient (Wildman–Crippen LogP) is 1.13. The second-order valence-electron chi connectivity index (χ2n) is 3.72. The molecule has 0 atom stereocenters. The number of carboxylic acid groups (broad SMARTS) is 1. The minimum absolute atomic E-state index is 0.0584. The molecule has 0 aliphatic carbocycles. The molecule has 0 spiro atoms. The van der Waals surface area contributed by atoms with Crippen molar-refractivity contribution in [2.45, 2.75) is 12.8 Å². The second-order valence-corrected chi connectivity index (χ2v) is 3.72. The van der Waals surface area contributed by atoms with Gasteiger partial charge in [0.1, 0.15) is 5.71 Å². The minimum atomic E-state index is -1.14. The first-order chi connectivity index (χ1) is 8.61. The van der Waals surface area contributed by atoms with E-state index in [2.05, 4.69) is 5.10 Å². The number of hydrogen-bond acceptors (Lipinski definition) is 4. The fourth-order valence-electron chi connectivity index (χ4n) is 1.62. The summed E-state index contributed by atoms with van der Waals surface area (Å²) in [7, 11) is 0. The molecule has 0 unspecified atom stereocenters. The zero-order valence-electron chi connectivity index (χ0n) is 9.33. The van der Waals surface area contributed by atoms with Crippen LogP contribution in [0.2, 0.25) is 0 Å². The summed E-state index contributed by atoms with van der Waals surface area (Å²) in [5.74, 6) is -1.42. The van der Waals surface area contributed by atoms with Crippen LogP contribution < -0.4 is 5.01 Å². The zero-order valence-corrected chi connectivity index (χ0v) is 9.33. The smallest absolute Gasteiger partial charge is 0.352 e. The maximum Gasteiger partial charge on any atom is 0.352 e. The quantitative estimate of drug-likeness (QED) is 0.842. The van der Waals surface area contributed by atoms with Gasteiger partial charge >= 0.3 is 5.97 Å². The van der Waals surface area contributed by atoms with E-state index in [0.717, 1.165) is 5.01 Å². The number of nitrogens with zero attached hydrogens (tertiary/aromatic N) is 3. The Bertz CT molecular complexity index is 586. The first-order valence-corrected chi connectivity index (χ1v) is 5.25. The highest BCUT2D eigenvalue weighted by Crippen LogP contribution is 2.21. The number of aliphatic carboxylic acids is 1. The summed E-state index contributed by atoms with van der Waals surface area (Å²) in [4.78, 5) is 22.5. The Morgan fingerprint density at radius 2 is 2.22 bits per heavy atom. The topological polar surface area (TPSA) is 93.8 Å². The Balaban J connectivity index is 2.41. The molecule has 6 nitrogen and oxygen atoms in total. The van der Waals surface area contributed by atoms with Crippen LogP contribution in [0.1, 0.15) is 18.4 Å². The molecule has 1 heterocycles. The predicted molar refractivity (Wildman–Crippen MR) is 62.9 cm³/mol. The number of amides is 1. The van der Waals surface area contributed by atoms with Crippen molar-refractivity contribution < 1.29 is 14.7 Å². The van der Waals surface area contributed by atoms with Crippen LogP contribution in [0, 0.1) is 11.3 Å². The number of nitriles is 1. The fraction of sp³-hybridized carbons (Fsp3) is 0.167. The second kappa shape index (κ2) is 4.67. The van der Waals surface area contributed by atoms with Crippen LogP contribution in [-0.2, 0) is 9.59 Å². The van der Waals surface area contributed by atoms with Gasteiger partial charge in [-0.1, -0.05) is 6.07 Å². The van der Waals surface area contributed by atoms with Crippen molar-refractivity contribution in [1.82, 2.24) is 0 Å². The third-order valence-electron chi connectivity index (χ3n) is 2.50. The third-order valence-corrected chi connectivity index (χ3v) is 2.50. The van der Waals surface area contributed by atoms with Gasteiger partial charge in [0.25, 0.3) is 0 Å². The number of benzene rings is 1. The van der Waals surface area contributed by atoms with Crippen LogP contribution in [-0.4, -0.2) is 22.7 Å². The maximum atomic E-state index is 11.7. The molecule has 1 aromatic carbocycles. The molecule has 0 radical (unpaired) electrons. The number of anilines is 1. The van der Waals surface area contributed by atoms with Crippen LogP contribution >= 0.6 is 0 Å². The average molecular weight is 243 g/mol. The molecule has 1 N–H and O–H groups in total. The highest BCUT2D eigenvalue weighted by molar-refractivity contribution is 6.37. The molecule has 1 aliphatic heterocycles. The van der Waals surface area contributed by atoms with E-state index in [1.54, 1.807) is 18.2 Å². The van der Waals surface area contributed by atoms with Crippen LogP contribution in [0.15, 0.2) is 29.4 Å². The number of carbonyl (C=O) groups is 2. The molecule has 0 bridgehead atoms. The van der Waals surface area contributed by atoms with Crippen molar-refractivity contribution in [2.75, 3.05) is 5.01 Å². The Hall–Kier alpha value is -2.68. The van der Waals surface area contributed by atoms with Gasteiger partial charge < -0.3 is 5.11 Å². The van der Waals surface area contributed by atoms with E-state index >= 15 is 0 Å². The third kappa shape index (κ3) is 2.20. The molecule has 0 fully saturated rings. The lowest BCUT2D eigenvalue weighted by molar-refractivity contribution is -0.129. The summed E-state index contributed by atoms with van der Waals surface area (Å²) >= 11 is 0. The van der Waals surface area contributed by atoms with Gasteiger partial charge in [-0.3, -0.25) is 4.79 Å². The Labute approximate surface area is 103 Å². The SMILES string of the molecule is N#Cc1cccc(N2N=C(C(=O)O)CCC2=O)c1. The molecule has 1 aliphatic rings.